The quantitative estimate of drug-likeness (QED) is 0.641. The predicted molar refractivity (Wildman–Crippen MR) is 80.2 cm³/mol. The van der Waals surface area contributed by atoms with Crippen LogP contribution >= 0.6 is 15.9 Å². The van der Waals surface area contributed by atoms with Gasteiger partial charge >= 0.3 is 6.03 Å². The summed E-state index contributed by atoms with van der Waals surface area (Å²) in [4.78, 5) is 36.2. The van der Waals surface area contributed by atoms with Gasteiger partial charge < -0.3 is 10.2 Å². The molecule has 0 atom stereocenters. The summed E-state index contributed by atoms with van der Waals surface area (Å²) in [7, 11) is 0. The summed E-state index contributed by atoms with van der Waals surface area (Å²) in [5, 5.41) is 3.46. The molecule has 2 saturated heterocycles. The molecule has 0 radical (unpaired) electrons. The lowest BCUT2D eigenvalue weighted by Crippen LogP contribution is -2.55. The van der Waals surface area contributed by atoms with Gasteiger partial charge in [0.05, 0.1) is 0 Å². The van der Waals surface area contributed by atoms with E-state index in [1.807, 2.05) is 4.90 Å². The average Bonchev–Trinajstić information content (AvgIpc) is 2.74. The summed E-state index contributed by atoms with van der Waals surface area (Å²) < 4.78 is 0. The minimum absolute atomic E-state index is 0.111. The number of hydrogen-bond acceptors (Lipinski definition) is 5. The average molecular weight is 354 g/mol. The lowest BCUT2D eigenvalue weighted by molar-refractivity contribution is -0.131. The standard InChI is InChI=1S/C13H16BrN5O2/c14-4-9-19-10(20)13(17-12(19)21)2-7-18(8-3-13)11-15-5-1-6-16-11/h1,5-6H,2-4,7-9H2,(H,17,21). The van der Waals surface area contributed by atoms with Gasteiger partial charge in [0.15, 0.2) is 0 Å². The first-order valence-corrected chi connectivity index (χ1v) is 8.00. The first kappa shape index (κ1) is 14.2. The van der Waals surface area contributed by atoms with Crippen molar-refractivity contribution in [3.8, 4) is 0 Å². The zero-order chi connectivity index (χ0) is 14.9. The Hall–Kier alpha value is -1.70. The van der Waals surface area contributed by atoms with Crippen LogP contribution in [-0.2, 0) is 4.79 Å². The zero-order valence-corrected chi connectivity index (χ0v) is 13.0. The van der Waals surface area contributed by atoms with Gasteiger partial charge in [-0.3, -0.25) is 9.69 Å². The normalized spacial score (nSPS) is 21.0. The Morgan fingerprint density at radius 2 is 1.90 bits per heavy atom. The van der Waals surface area contributed by atoms with Crippen molar-refractivity contribution in [3.05, 3.63) is 18.5 Å². The van der Waals surface area contributed by atoms with Crippen molar-refractivity contribution >= 4 is 33.8 Å². The molecule has 2 aliphatic heterocycles. The number of piperidine rings is 1. The fourth-order valence-electron chi connectivity index (χ4n) is 2.85. The first-order valence-electron chi connectivity index (χ1n) is 6.88. The van der Waals surface area contributed by atoms with Crippen molar-refractivity contribution in [1.29, 1.82) is 0 Å². The van der Waals surface area contributed by atoms with E-state index < -0.39 is 5.54 Å². The molecule has 0 saturated carbocycles. The maximum absolute atomic E-state index is 12.5. The van der Waals surface area contributed by atoms with Crippen molar-refractivity contribution in [1.82, 2.24) is 20.2 Å². The lowest BCUT2D eigenvalue weighted by atomic mass is 9.87. The molecule has 3 heterocycles. The van der Waals surface area contributed by atoms with Crippen LogP contribution < -0.4 is 10.2 Å². The summed E-state index contributed by atoms with van der Waals surface area (Å²) >= 11 is 3.27. The summed E-state index contributed by atoms with van der Waals surface area (Å²) in [6.07, 6.45) is 4.56. The Balaban J connectivity index is 1.71. The number of carbonyl (C=O) groups excluding carboxylic acids is 2. The number of imide groups is 1. The lowest BCUT2D eigenvalue weighted by Gasteiger charge is -2.37. The highest BCUT2D eigenvalue weighted by molar-refractivity contribution is 9.09. The van der Waals surface area contributed by atoms with E-state index >= 15 is 0 Å². The third-order valence-electron chi connectivity index (χ3n) is 4.01. The molecule has 1 N–H and O–H groups in total. The van der Waals surface area contributed by atoms with Crippen molar-refractivity contribution in [3.63, 3.8) is 0 Å². The van der Waals surface area contributed by atoms with Gasteiger partial charge in [0.25, 0.3) is 5.91 Å². The van der Waals surface area contributed by atoms with Gasteiger partial charge in [0.2, 0.25) is 5.95 Å². The number of rotatable bonds is 3. The first-order chi connectivity index (χ1) is 10.2. The number of amides is 3. The van der Waals surface area contributed by atoms with E-state index in [0.29, 0.717) is 43.8 Å². The molecule has 8 heteroatoms. The molecular formula is C13H16BrN5O2. The number of urea groups is 1. The van der Waals surface area contributed by atoms with Crippen LogP contribution in [0.3, 0.4) is 0 Å². The minimum Gasteiger partial charge on any atom is -0.341 e. The van der Waals surface area contributed by atoms with E-state index in [4.69, 9.17) is 0 Å². The Morgan fingerprint density at radius 1 is 1.24 bits per heavy atom. The number of nitrogens with one attached hydrogen (secondary N) is 1. The smallest absolute Gasteiger partial charge is 0.325 e. The topological polar surface area (TPSA) is 78.4 Å². The Bertz CT molecular complexity index is 545. The van der Waals surface area contributed by atoms with Crippen LogP contribution in [0.4, 0.5) is 10.7 Å². The number of alkyl halides is 1. The van der Waals surface area contributed by atoms with Gasteiger partial charge in [-0.2, -0.15) is 0 Å². The van der Waals surface area contributed by atoms with Gasteiger partial charge in [0.1, 0.15) is 5.54 Å². The van der Waals surface area contributed by atoms with E-state index in [1.54, 1.807) is 18.5 Å². The van der Waals surface area contributed by atoms with Gasteiger partial charge in [-0.05, 0) is 18.9 Å². The molecule has 1 aromatic heterocycles. The molecule has 2 fully saturated rings. The number of carbonyl (C=O) groups is 2. The number of anilines is 1. The molecule has 0 aromatic carbocycles. The van der Waals surface area contributed by atoms with Crippen molar-refractivity contribution < 1.29 is 9.59 Å². The molecule has 21 heavy (non-hydrogen) atoms. The highest BCUT2D eigenvalue weighted by atomic mass is 79.9. The third kappa shape index (κ3) is 2.48. The van der Waals surface area contributed by atoms with Gasteiger partial charge in [-0.25, -0.2) is 14.8 Å². The molecule has 112 valence electrons. The fraction of sp³-hybridized carbons (Fsp3) is 0.538. The maximum Gasteiger partial charge on any atom is 0.325 e. The molecule has 0 aliphatic carbocycles. The minimum atomic E-state index is -0.746. The van der Waals surface area contributed by atoms with Crippen LogP contribution in [-0.4, -0.2) is 57.3 Å². The fourth-order valence-corrected chi connectivity index (χ4v) is 3.20. The second-order valence-electron chi connectivity index (χ2n) is 5.19. The summed E-state index contributed by atoms with van der Waals surface area (Å²) in [5.41, 5.74) is -0.746. The molecule has 1 spiro atoms. The maximum atomic E-state index is 12.5. The van der Waals surface area contributed by atoms with E-state index in [1.165, 1.54) is 4.90 Å². The molecule has 0 unspecified atom stereocenters. The number of aromatic nitrogens is 2. The van der Waals surface area contributed by atoms with Crippen LogP contribution in [0.25, 0.3) is 0 Å². The Kier molecular flexibility index (Phi) is 3.79. The van der Waals surface area contributed by atoms with Crippen molar-refractivity contribution in [2.75, 3.05) is 29.9 Å². The zero-order valence-electron chi connectivity index (χ0n) is 11.5. The van der Waals surface area contributed by atoms with Gasteiger partial charge in [-0.1, -0.05) is 15.9 Å². The van der Waals surface area contributed by atoms with E-state index in [2.05, 4.69) is 31.2 Å². The second kappa shape index (κ2) is 5.59. The molecular weight excluding hydrogens is 338 g/mol. The molecule has 7 nitrogen and oxygen atoms in total. The monoisotopic (exact) mass is 353 g/mol. The Morgan fingerprint density at radius 3 is 2.52 bits per heavy atom. The third-order valence-corrected chi connectivity index (χ3v) is 4.36. The molecule has 2 aliphatic rings. The van der Waals surface area contributed by atoms with Crippen LogP contribution in [0.2, 0.25) is 0 Å². The molecule has 3 rings (SSSR count). The highest BCUT2D eigenvalue weighted by Gasteiger charge is 2.52. The summed E-state index contributed by atoms with van der Waals surface area (Å²) in [6, 6.07) is 1.48. The van der Waals surface area contributed by atoms with Gasteiger partial charge in [-0.15, -0.1) is 0 Å². The number of hydrogen-bond donors (Lipinski definition) is 1. The Labute approximate surface area is 130 Å². The molecule has 1 aromatic rings. The van der Waals surface area contributed by atoms with Crippen LogP contribution in [0.5, 0.6) is 0 Å². The largest absolute Gasteiger partial charge is 0.341 e. The summed E-state index contributed by atoms with van der Waals surface area (Å²) in [5.74, 6) is 0.557. The molecule has 0 bridgehead atoms. The number of halogens is 1. The van der Waals surface area contributed by atoms with Crippen LogP contribution in [0.15, 0.2) is 18.5 Å². The van der Waals surface area contributed by atoms with E-state index in [-0.39, 0.29) is 11.9 Å². The van der Waals surface area contributed by atoms with E-state index in [0.717, 1.165) is 0 Å². The van der Waals surface area contributed by atoms with Crippen LogP contribution in [0, 0.1) is 0 Å². The predicted octanol–water partition coefficient (Wildman–Crippen LogP) is 0.762. The highest BCUT2D eigenvalue weighted by Crippen LogP contribution is 2.30. The molecule has 3 amide bonds. The van der Waals surface area contributed by atoms with Gasteiger partial charge in [0, 0.05) is 37.4 Å². The number of nitrogens with zero attached hydrogens (tertiary/aromatic N) is 4. The second-order valence-corrected chi connectivity index (χ2v) is 5.99. The summed E-state index contributed by atoms with van der Waals surface area (Å²) in [6.45, 7) is 1.70. The van der Waals surface area contributed by atoms with Crippen molar-refractivity contribution in [2.24, 2.45) is 0 Å². The van der Waals surface area contributed by atoms with E-state index in [9.17, 15) is 9.59 Å². The van der Waals surface area contributed by atoms with Crippen molar-refractivity contribution in [2.45, 2.75) is 18.4 Å². The van der Waals surface area contributed by atoms with Crippen LogP contribution in [0.1, 0.15) is 12.8 Å². The SMILES string of the molecule is O=C1NC2(CCN(c3ncccn3)CC2)C(=O)N1CCBr.